The number of hydrogen-bond acceptors (Lipinski definition) is 4. The summed E-state index contributed by atoms with van der Waals surface area (Å²) >= 11 is 3.41. The molecule has 5 nitrogen and oxygen atoms in total. The van der Waals surface area contributed by atoms with E-state index < -0.39 is 5.41 Å². The van der Waals surface area contributed by atoms with Crippen molar-refractivity contribution >= 4 is 27.5 Å². The molecule has 1 saturated heterocycles. The Morgan fingerprint density at radius 1 is 1.58 bits per heavy atom. The highest BCUT2D eigenvalue weighted by Crippen LogP contribution is 2.33. The number of carbonyl (C=O) groups excluding carboxylic acids is 1. The largest absolute Gasteiger partial charge is 0.496 e. The van der Waals surface area contributed by atoms with Gasteiger partial charge in [0.2, 0.25) is 5.91 Å². The van der Waals surface area contributed by atoms with Crippen molar-refractivity contribution < 1.29 is 14.3 Å². The zero-order valence-corrected chi connectivity index (χ0v) is 12.6. The van der Waals surface area contributed by atoms with E-state index in [1.807, 2.05) is 18.2 Å². The predicted molar refractivity (Wildman–Crippen MR) is 76.4 cm³/mol. The predicted octanol–water partition coefficient (Wildman–Crippen LogP) is 1.40. The van der Waals surface area contributed by atoms with Crippen LogP contribution in [0.1, 0.15) is 0 Å². The van der Waals surface area contributed by atoms with Gasteiger partial charge >= 0.3 is 0 Å². The standard InChI is InChI=1S/C13H17BrN2O3/c1-16(12(17)13(6-15)7-19-8-13)9-3-4-11(18-2)10(14)5-9/h3-5H,6-8,15H2,1-2H3. The van der Waals surface area contributed by atoms with Crippen LogP contribution in [0.4, 0.5) is 5.69 Å². The van der Waals surface area contributed by atoms with Gasteiger partial charge in [-0.05, 0) is 34.1 Å². The lowest BCUT2D eigenvalue weighted by Gasteiger charge is -2.41. The molecule has 0 aromatic heterocycles. The molecule has 0 saturated carbocycles. The maximum atomic E-state index is 12.5. The van der Waals surface area contributed by atoms with E-state index in [0.29, 0.717) is 19.8 Å². The lowest BCUT2D eigenvalue weighted by atomic mass is 9.84. The number of amides is 1. The Hall–Kier alpha value is -1.11. The van der Waals surface area contributed by atoms with Crippen molar-refractivity contribution in [2.24, 2.45) is 11.1 Å². The Balaban J connectivity index is 2.22. The van der Waals surface area contributed by atoms with Crippen molar-refractivity contribution in [1.29, 1.82) is 0 Å². The summed E-state index contributed by atoms with van der Waals surface area (Å²) < 4.78 is 11.1. The lowest BCUT2D eigenvalue weighted by molar-refractivity contribution is -0.156. The van der Waals surface area contributed by atoms with Gasteiger partial charge in [0.25, 0.3) is 0 Å². The van der Waals surface area contributed by atoms with Crippen LogP contribution >= 0.6 is 15.9 Å². The third kappa shape index (κ3) is 2.48. The van der Waals surface area contributed by atoms with Crippen LogP contribution in [-0.2, 0) is 9.53 Å². The highest BCUT2D eigenvalue weighted by Gasteiger charge is 2.46. The summed E-state index contributed by atoms with van der Waals surface area (Å²) in [5.74, 6) is 0.712. The third-order valence-electron chi connectivity index (χ3n) is 3.43. The van der Waals surface area contributed by atoms with Gasteiger partial charge in [0.15, 0.2) is 0 Å². The number of rotatable bonds is 4. The first-order valence-corrected chi connectivity index (χ1v) is 6.73. The van der Waals surface area contributed by atoms with Gasteiger partial charge in [0.1, 0.15) is 11.2 Å². The Morgan fingerprint density at radius 3 is 2.68 bits per heavy atom. The molecule has 0 bridgehead atoms. The molecule has 6 heteroatoms. The average Bonchev–Trinajstić information content (AvgIpc) is 2.37. The summed E-state index contributed by atoms with van der Waals surface area (Å²) in [6.45, 7) is 1.08. The molecule has 0 spiro atoms. The van der Waals surface area contributed by atoms with E-state index in [-0.39, 0.29) is 5.91 Å². The first-order valence-electron chi connectivity index (χ1n) is 5.93. The van der Waals surface area contributed by atoms with Crippen LogP contribution < -0.4 is 15.4 Å². The van der Waals surface area contributed by atoms with E-state index in [2.05, 4.69) is 15.9 Å². The van der Waals surface area contributed by atoms with Gasteiger partial charge in [-0.15, -0.1) is 0 Å². The molecule has 1 aromatic rings. The topological polar surface area (TPSA) is 64.8 Å². The highest BCUT2D eigenvalue weighted by atomic mass is 79.9. The van der Waals surface area contributed by atoms with Gasteiger partial charge in [0, 0.05) is 19.3 Å². The minimum absolute atomic E-state index is 0.0154. The van der Waals surface area contributed by atoms with Crippen molar-refractivity contribution in [3.05, 3.63) is 22.7 Å². The van der Waals surface area contributed by atoms with Crippen LogP contribution in [0.25, 0.3) is 0 Å². The van der Waals surface area contributed by atoms with Crippen molar-refractivity contribution in [3.63, 3.8) is 0 Å². The molecule has 1 aromatic carbocycles. The molecule has 1 aliphatic heterocycles. The normalized spacial score (nSPS) is 16.6. The van der Waals surface area contributed by atoms with Crippen molar-refractivity contribution in [3.8, 4) is 5.75 Å². The Labute approximate surface area is 120 Å². The van der Waals surface area contributed by atoms with E-state index in [0.717, 1.165) is 15.9 Å². The zero-order chi connectivity index (χ0) is 14.0. The van der Waals surface area contributed by atoms with Crippen molar-refractivity contribution in [2.45, 2.75) is 0 Å². The van der Waals surface area contributed by atoms with Crippen LogP contribution in [0.2, 0.25) is 0 Å². The lowest BCUT2D eigenvalue weighted by Crippen LogP contribution is -2.58. The summed E-state index contributed by atoms with van der Waals surface area (Å²) in [5.41, 5.74) is 5.93. The second-order valence-electron chi connectivity index (χ2n) is 4.66. The molecule has 0 unspecified atom stereocenters. The monoisotopic (exact) mass is 328 g/mol. The molecular formula is C13H17BrN2O3. The molecule has 104 valence electrons. The molecule has 1 fully saturated rings. The number of nitrogens with two attached hydrogens (primary N) is 1. The summed E-state index contributed by atoms with van der Waals surface area (Å²) in [7, 11) is 3.34. The Morgan fingerprint density at radius 2 is 2.26 bits per heavy atom. The number of ether oxygens (including phenoxy) is 2. The number of halogens is 1. The molecule has 19 heavy (non-hydrogen) atoms. The van der Waals surface area contributed by atoms with Crippen LogP contribution in [0.15, 0.2) is 22.7 Å². The zero-order valence-electron chi connectivity index (χ0n) is 11.0. The molecular weight excluding hydrogens is 312 g/mol. The fourth-order valence-corrected chi connectivity index (χ4v) is 2.54. The van der Waals surface area contributed by atoms with E-state index in [9.17, 15) is 4.79 Å². The van der Waals surface area contributed by atoms with Gasteiger partial charge in [-0.25, -0.2) is 0 Å². The van der Waals surface area contributed by atoms with Gasteiger partial charge in [-0.1, -0.05) is 0 Å². The summed E-state index contributed by atoms with van der Waals surface area (Å²) in [6, 6.07) is 5.50. The molecule has 1 heterocycles. The van der Waals surface area contributed by atoms with Crippen molar-refractivity contribution in [1.82, 2.24) is 0 Å². The number of nitrogens with zero attached hydrogens (tertiary/aromatic N) is 1. The van der Waals surface area contributed by atoms with E-state index >= 15 is 0 Å². The van der Waals surface area contributed by atoms with E-state index in [4.69, 9.17) is 15.2 Å². The van der Waals surface area contributed by atoms with Gasteiger partial charge in [0.05, 0.1) is 24.8 Å². The van der Waals surface area contributed by atoms with Crippen LogP contribution in [0, 0.1) is 5.41 Å². The first kappa shape index (κ1) is 14.3. The van der Waals surface area contributed by atoms with Crippen LogP contribution in [-0.4, -0.2) is 39.8 Å². The SMILES string of the molecule is COc1ccc(N(C)C(=O)C2(CN)COC2)cc1Br. The van der Waals surface area contributed by atoms with Gasteiger partial charge in [-0.2, -0.15) is 0 Å². The number of carbonyl (C=O) groups is 1. The quantitative estimate of drug-likeness (QED) is 0.907. The minimum Gasteiger partial charge on any atom is -0.496 e. The molecule has 2 N–H and O–H groups in total. The fraction of sp³-hybridized carbons (Fsp3) is 0.462. The average molecular weight is 329 g/mol. The van der Waals surface area contributed by atoms with Gasteiger partial charge < -0.3 is 20.1 Å². The summed E-state index contributed by atoms with van der Waals surface area (Å²) in [4.78, 5) is 14.1. The molecule has 0 radical (unpaired) electrons. The van der Waals surface area contributed by atoms with Crippen molar-refractivity contribution in [2.75, 3.05) is 38.8 Å². The molecule has 1 amide bonds. The molecule has 0 atom stereocenters. The molecule has 1 aliphatic rings. The first-order chi connectivity index (χ1) is 9.04. The fourth-order valence-electron chi connectivity index (χ4n) is 2.01. The number of hydrogen-bond donors (Lipinski definition) is 1. The number of benzene rings is 1. The van der Waals surface area contributed by atoms with E-state index in [1.165, 1.54) is 0 Å². The molecule has 2 rings (SSSR count). The summed E-state index contributed by atoms with van der Waals surface area (Å²) in [6.07, 6.45) is 0. The second kappa shape index (κ2) is 5.48. The second-order valence-corrected chi connectivity index (χ2v) is 5.51. The smallest absolute Gasteiger partial charge is 0.238 e. The highest BCUT2D eigenvalue weighted by molar-refractivity contribution is 9.10. The van der Waals surface area contributed by atoms with Gasteiger partial charge in [-0.3, -0.25) is 4.79 Å². The minimum atomic E-state index is -0.568. The number of methoxy groups -OCH3 is 1. The van der Waals surface area contributed by atoms with Crippen LogP contribution in [0.3, 0.4) is 0 Å². The maximum Gasteiger partial charge on any atom is 0.238 e. The number of anilines is 1. The Kier molecular flexibility index (Phi) is 4.13. The maximum absolute atomic E-state index is 12.5. The van der Waals surface area contributed by atoms with E-state index in [1.54, 1.807) is 19.1 Å². The third-order valence-corrected chi connectivity index (χ3v) is 4.05. The summed E-state index contributed by atoms with van der Waals surface area (Å²) in [5, 5.41) is 0. The Bertz CT molecular complexity index is 483. The molecule has 0 aliphatic carbocycles. The van der Waals surface area contributed by atoms with Crippen LogP contribution in [0.5, 0.6) is 5.75 Å².